The van der Waals surface area contributed by atoms with Gasteiger partial charge < -0.3 is 19.2 Å². The second-order valence-electron chi connectivity index (χ2n) is 6.19. The first kappa shape index (κ1) is 18.8. The normalized spacial score (nSPS) is 11.0. The van der Waals surface area contributed by atoms with Gasteiger partial charge in [0.05, 0.1) is 31.3 Å². The van der Waals surface area contributed by atoms with Crippen molar-refractivity contribution in [3.63, 3.8) is 0 Å². The zero-order valence-electron chi connectivity index (χ0n) is 15.6. The number of hydrogen-bond acceptors (Lipinski definition) is 6. The number of para-hydroxylation sites is 1. The van der Waals surface area contributed by atoms with Gasteiger partial charge in [-0.15, -0.1) is 0 Å². The summed E-state index contributed by atoms with van der Waals surface area (Å²) in [6.07, 6.45) is 1.32. The minimum atomic E-state index is -0.455. The average Bonchev–Trinajstić information content (AvgIpc) is 3.10. The van der Waals surface area contributed by atoms with Gasteiger partial charge in [0.25, 0.3) is 5.56 Å². The third-order valence-electron chi connectivity index (χ3n) is 4.41. The molecule has 0 aliphatic carbocycles. The number of nitrogens with zero attached hydrogens (tertiary/aromatic N) is 2. The number of aromatic nitrogens is 2. The van der Waals surface area contributed by atoms with Crippen LogP contribution in [0.4, 0.5) is 5.69 Å². The summed E-state index contributed by atoms with van der Waals surface area (Å²) in [7, 11) is 2.94. The van der Waals surface area contributed by atoms with Crippen LogP contribution in [0, 0.1) is 0 Å². The Morgan fingerprint density at radius 1 is 1.21 bits per heavy atom. The highest BCUT2D eigenvalue weighted by molar-refractivity contribution is 6.32. The van der Waals surface area contributed by atoms with E-state index in [0.29, 0.717) is 33.3 Å². The van der Waals surface area contributed by atoms with Crippen LogP contribution in [0.3, 0.4) is 0 Å². The van der Waals surface area contributed by atoms with Gasteiger partial charge >= 0.3 is 0 Å². The van der Waals surface area contributed by atoms with Crippen LogP contribution in [-0.4, -0.2) is 29.7 Å². The number of ether oxygens (including phenoxy) is 2. The summed E-state index contributed by atoms with van der Waals surface area (Å²) in [5.41, 5.74) is 1.04. The number of fused-ring (bicyclic) bond motifs is 3. The Hall–Kier alpha value is -3.52. The van der Waals surface area contributed by atoms with Crippen LogP contribution in [0.1, 0.15) is 0 Å². The highest BCUT2D eigenvalue weighted by Crippen LogP contribution is 2.35. The van der Waals surface area contributed by atoms with Crippen LogP contribution in [0.15, 0.2) is 51.9 Å². The Labute approximate surface area is 169 Å². The lowest BCUT2D eigenvalue weighted by Gasteiger charge is -2.13. The zero-order valence-corrected chi connectivity index (χ0v) is 16.3. The SMILES string of the molecule is COc1cc(OC)c(NC(=O)Cn2cnc3c(oc4ccccc43)c2=O)cc1Cl. The highest BCUT2D eigenvalue weighted by atomic mass is 35.5. The van der Waals surface area contributed by atoms with E-state index in [4.69, 9.17) is 25.5 Å². The smallest absolute Gasteiger partial charge is 0.297 e. The van der Waals surface area contributed by atoms with Crippen LogP contribution in [0.25, 0.3) is 22.1 Å². The largest absolute Gasteiger partial charge is 0.495 e. The van der Waals surface area contributed by atoms with Gasteiger partial charge in [-0.3, -0.25) is 14.2 Å². The first-order valence-electron chi connectivity index (χ1n) is 8.60. The Balaban J connectivity index is 1.63. The van der Waals surface area contributed by atoms with Gasteiger partial charge in [-0.05, 0) is 18.2 Å². The van der Waals surface area contributed by atoms with E-state index < -0.39 is 11.5 Å². The molecule has 0 radical (unpaired) electrons. The molecule has 1 N–H and O–H groups in total. The maximum atomic E-state index is 12.7. The summed E-state index contributed by atoms with van der Waals surface area (Å²) in [5, 5.41) is 3.74. The molecule has 4 rings (SSSR count). The summed E-state index contributed by atoms with van der Waals surface area (Å²) < 4.78 is 17.2. The monoisotopic (exact) mass is 413 g/mol. The molecule has 2 aromatic carbocycles. The lowest BCUT2D eigenvalue weighted by atomic mass is 10.2. The van der Waals surface area contributed by atoms with Gasteiger partial charge in [0.15, 0.2) is 0 Å². The molecule has 2 heterocycles. The number of anilines is 1. The standard InChI is InChI=1S/C20H16ClN3O5/c1-27-15-8-16(28-2)13(7-12(15)21)23-17(25)9-24-10-22-18-11-5-3-4-6-14(11)29-19(18)20(24)26/h3-8,10H,9H2,1-2H3,(H,23,25). The van der Waals surface area contributed by atoms with E-state index >= 15 is 0 Å². The van der Waals surface area contributed by atoms with Crippen molar-refractivity contribution in [2.45, 2.75) is 6.54 Å². The van der Waals surface area contributed by atoms with E-state index in [1.807, 2.05) is 18.2 Å². The molecule has 8 nitrogen and oxygen atoms in total. The van der Waals surface area contributed by atoms with Gasteiger partial charge in [0.2, 0.25) is 11.5 Å². The van der Waals surface area contributed by atoms with Crippen LogP contribution in [-0.2, 0) is 11.3 Å². The number of carbonyl (C=O) groups is 1. The van der Waals surface area contributed by atoms with Gasteiger partial charge in [-0.2, -0.15) is 0 Å². The number of nitrogens with one attached hydrogen (secondary N) is 1. The number of benzene rings is 2. The first-order chi connectivity index (χ1) is 14.0. The molecule has 0 fully saturated rings. The van der Waals surface area contributed by atoms with Crippen molar-refractivity contribution >= 4 is 45.3 Å². The molecule has 0 unspecified atom stereocenters. The molecule has 0 saturated carbocycles. The Bertz CT molecular complexity index is 1290. The van der Waals surface area contributed by atoms with Crippen LogP contribution in [0.5, 0.6) is 11.5 Å². The number of halogens is 1. The number of methoxy groups -OCH3 is 2. The molecule has 4 aromatic rings. The molecular weight excluding hydrogens is 398 g/mol. The molecule has 0 atom stereocenters. The first-order valence-corrected chi connectivity index (χ1v) is 8.97. The van der Waals surface area contributed by atoms with Crippen LogP contribution in [0.2, 0.25) is 5.02 Å². The summed E-state index contributed by atoms with van der Waals surface area (Å²) >= 11 is 6.12. The number of rotatable bonds is 5. The quantitative estimate of drug-likeness (QED) is 0.538. The highest BCUT2D eigenvalue weighted by Gasteiger charge is 2.16. The van der Waals surface area contributed by atoms with Crippen molar-refractivity contribution in [1.82, 2.24) is 9.55 Å². The third-order valence-corrected chi connectivity index (χ3v) is 4.71. The minimum absolute atomic E-state index is 0.103. The molecule has 29 heavy (non-hydrogen) atoms. The molecule has 2 aromatic heterocycles. The fourth-order valence-corrected chi connectivity index (χ4v) is 3.27. The molecule has 0 bridgehead atoms. The van der Waals surface area contributed by atoms with E-state index in [-0.39, 0.29) is 12.1 Å². The van der Waals surface area contributed by atoms with E-state index in [1.54, 1.807) is 12.1 Å². The second-order valence-corrected chi connectivity index (χ2v) is 6.60. The maximum Gasteiger partial charge on any atom is 0.297 e. The zero-order chi connectivity index (χ0) is 20.5. The van der Waals surface area contributed by atoms with Gasteiger partial charge in [-0.1, -0.05) is 23.7 Å². The number of carbonyl (C=O) groups excluding carboxylic acids is 1. The van der Waals surface area contributed by atoms with Crippen molar-refractivity contribution in [3.05, 3.63) is 58.1 Å². The van der Waals surface area contributed by atoms with Gasteiger partial charge in [-0.25, -0.2) is 4.98 Å². The summed E-state index contributed by atoms with van der Waals surface area (Å²) in [4.78, 5) is 29.5. The van der Waals surface area contributed by atoms with Crippen LogP contribution < -0.4 is 20.3 Å². The summed E-state index contributed by atoms with van der Waals surface area (Å²) in [6.45, 7) is -0.258. The molecule has 1 amide bonds. The van der Waals surface area contributed by atoms with Crippen molar-refractivity contribution in [2.75, 3.05) is 19.5 Å². The van der Waals surface area contributed by atoms with Gasteiger partial charge in [0.1, 0.15) is 29.1 Å². The van der Waals surface area contributed by atoms with Crippen molar-refractivity contribution in [2.24, 2.45) is 0 Å². The predicted molar refractivity (Wildman–Crippen MR) is 109 cm³/mol. The number of hydrogen-bond donors (Lipinski definition) is 1. The van der Waals surface area contributed by atoms with Crippen molar-refractivity contribution < 1.29 is 18.7 Å². The molecule has 0 aliphatic rings. The minimum Gasteiger partial charge on any atom is -0.495 e. The van der Waals surface area contributed by atoms with E-state index in [0.717, 1.165) is 5.39 Å². The second kappa shape index (κ2) is 7.48. The predicted octanol–water partition coefficient (Wildman–Crippen LogP) is 3.45. The third kappa shape index (κ3) is 3.38. The Kier molecular flexibility index (Phi) is 4.85. The molecule has 0 aliphatic heterocycles. The average molecular weight is 414 g/mol. The molecular formula is C20H16ClN3O5. The number of amides is 1. The summed E-state index contributed by atoms with van der Waals surface area (Å²) in [5.74, 6) is 0.332. The van der Waals surface area contributed by atoms with Gasteiger partial charge in [0, 0.05) is 11.5 Å². The lowest BCUT2D eigenvalue weighted by Crippen LogP contribution is -2.27. The molecule has 0 spiro atoms. The maximum absolute atomic E-state index is 12.7. The fourth-order valence-electron chi connectivity index (χ4n) is 3.03. The molecule has 9 heteroatoms. The van der Waals surface area contributed by atoms with E-state index in [1.165, 1.54) is 31.2 Å². The number of furan rings is 1. The Morgan fingerprint density at radius 2 is 1.97 bits per heavy atom. The fraction of sp³-hybridized carbons (Fsp3) is 0.150. The van der Waals surface area contributed by atoms with E-state index in [9.17, 15) is 9.59 Å². The van der Waals surface area contributed by atoms with Crippen LogP contribution >= 0.6 is 11.6 Å². The molecule has 148 valence electrons. The van der Waals surface area contributed by atoms with Crippen molar-refractivity contribution in [1.29, 1.82) is 0 Å². The molecule has 0 saturated heterocycles. The van der Waals surface area contributed by atoms with Crippen molar-refractivity contribution in [3.8, 4) is 11.5 Å². The van der Waals surface area contributed by atoms with E-state index in [2.05, 4.69) is 10.3 Å². The topological polar surface area (TPSA) is 95.6 Å². The lowest BCUT2D eigenvalue weighted by molar-refractivity contribution is -0.116. The Morgan fingerprint density at radius 3 is 2.72 bits per heavy atom. The summed E-state index contributed by atoms with van der Waals surface area (Å²) in [6, 6.07) is 10.3.